The minimum atomic E-state index is -0.242. The molecule has 0 bridgehead atoms. The maximum Gasteiger partial charge on any atom is 0.246 e. The second-order valence-electron chi connectivity index (χ2n) is 5.50. The van der Waals surface area contributed by atoms with Gasteiger partial charge < -0.3 is 19.7 Å². The lowest BCUT2D eigenvalue weighted by molar-refractivity contribution is -0.130. The monoisotopic (exact) mass is 288 g/mol. The van der Waals surface area contributed by atoms with Crippen LogP contribution in [0.15, 0.2) is 18.6 Å². The molecule has 2 aromatic rings. The number of aromatic nitrogens is 3. The Morgan fingerprint density at radius 3 is 3.00 bits per heavy atom. The van der Waals surface area contributed by atoms with Crippen molar-refractivity contribution in [2.24, 2.45) is 7.05 Å². The van der Waals surface area contributed by atoms with Gasteiger partial charge in [0.2, 0.25) is 5.91 Å². The van der Waals surface area contributed by atoms with Crippen molar-refractivity contribution >= 4 is 22.8 Å². The molecular weight excluding hydrogens is 268 g/mol. The van der Waals surface area contributed by atoms with Gasteiger partial charge >= 0.3 is 0 Å². The number of imidazole rings is 1. The highest BCUT2D eigenvalue weighted by atomic mass is 16.2. The summed E-state index contributed by atoms with van der Waals surface area (Å²) in [7, 11) is 5.52. The Hall–Kier alpha value is -2.15. The molecule has 7 heteroatoms. The van der Waals surface area contributed by atoms with Crippen molar-refractivity contribution in [2.45, 2.75) is 6.04 Å². The Morgan fingerprint density at radius 2 is 2.24 bits per heavy atom. The standard InChI is InChI=1S/C14H20N6O/c1-18(2)14(21)11-8-15-6-7-20(11)13-12-10(4-5-16-13)19(3)9-17-12/h4-5,9,11,15H,6-8H2,1-3H3. The first kappa shape index (κ1) is 13.8. The first-order chi connectivity index (χ1) is 10.1. The Bertz CT molecular complexity index is 665. The van der Waals surface area contributed by atoms with Crippen molar-refractivity contribution in [2.75, 3.05) is 38.6 Å². The number of pyridine rings is 1. The number of carbonyl (C=O) groups excluding carboxylic acids is 1. The smallest absolute Gasteiger partial charge is 0.246 e. The molecule has 1 fully saturated rings. The molecule has 1 aliphatic rings. The summed E-state index contributed by atoms with van der Waals surface area (Å²) >= 11 is 0. The molecular formula is C14H20N6O. The Balaban J connectivity index is 2.04. The number of amides is 1. The summed E-state index contributed by atoms with van der Waals surface area (Å²) < 4.78 is 1.96. The van der Waals surface area contributed by atoms with Crippen LogP contribution in [0.5, 0.6) is 0 Å². The molecule has 112 valence electrons. The van der Waals surface area contributed by atoms with E-state index in [4.69, 9.17) is 0 Å². The van der Waals surface area contributed by atoms with Crippen LogP contribution in [-0.4, -0.2) is 65.1 Å². The average Bonchev–Trinajstić information content (AvgIpc) is 2.88. The SMILES string of the molecule is CN(C)C(=O)C1CNCCN1c1nccc2c1ncn2C. The lowest BCUT2D eigenvalue weighted by Gasteiger charge is -2.37. The van der Waals surface area contributed by atoms with Crippen LogP contribution in [0, 0.1) is 0 Å². The van der Waals surface area contributed by atoms with Gasteiger partial charge in [0.1, 0.15) is 11.6 Å². The molecule has 0 spiro atoms. The van der Waals surface area contributed by atoms with Gasteiger partial charge in [-0.05, 0) is 6.07 Å². The Morgan fingerprint density at radius 1 is 1.43 bits per heavy atom. The third-order valence-electron chi connectivity index (χ3n) is 3.86. The normalized spacial score (nSPS) is 19.0. The van der Waals surface area contributed by atoms with Crippen LogP contribution in [0.3, 0.4) is 0 Å². The molecule has 2 aromatic heterocycles. The molecule has 3 rings (SSSR count). The topological polar surface area (TPSA) is 66.3 Å². The minimum absolute atomic E-state index is 0.0805. The van der Waals surface area contributed by atoms with E-state index in [1.54, 1.807) is 31.5 Å². The number of likely N-dealkylation sites (N-methyl/N-ethyl adjacent to an activating group) is 1. The van der Waals surface area contributed by atoms with Crippen molar-refractivity contribution in [1.29, 1.82) is 0 Å². The van der Waals surface area contributed by atoms with E-state index in [0.29, 0.717) is 6.54 Å². The number of hydrogen-bond donors (Lipinski definition) is 1. The van der Waals surface area contributed by atoms with Crippen LogP contribution in [0.1, 0.15) is 0 Å². The zero-order chi connectivity index (χ0) is 15.0. The van der Waals surface area contributed by atoms with Crippen molar-refractivity contribution < 1.29 is 4.79 Å². The molecule has 0 saturated carbocycles. The van der Waals surface area contributed by atoms with E-state index in [1.165, 1.54) is 0 Å². The number of carbonyl (C=O) groups is 1. The fourth-order valence-corrected chi connectivity index (χ4v) is 2.73. The van der Waals surface area contributed by atoms with Crippen LogP contribution in [0.25, 0.3) is 11.0 Å². The summed E-state index contributed by atoms with van der Waals surface area (Å²) in [5.41, 5.74) is 1.87. The number of fused-ring (bicyclic) bond motifs is 1. The van der Waals surface area contributed by atoms with Gasteiger partial charge in [-0.2, -0.15) is 0 Å². The molecule has 1 saturated heterocycles. The zero-order valence-electron chi connectivity index (χ0n) is 12.6. The van der Waals surface area contributed by atoms with Crippen molar-refractivity contribution in [3.63, 3.8) is 0 Å². The highest BCUT2D eigenvalue weighted by Gasteiger charge is 2.32. The highest BCUT2D eigenvalue weighted by Crippen LogP contribution is 2.25. The van der Waals surface area contributed by atoms with Crippen LogP contribution >= 0.6 is 0 Å². The number of piperazine rings is 1. The number of aryl methyl sites for hydroxylation is 1. The first-order valence-electron chi connectivity index (χ1n) is 7.04. The molecule has 1 atom stereocenters. The lowest BCUT2D eigenvalue weighted by Crippen LogP contribution is -2.58. The molecule has 1 N–H and O–H groups in total. The summed E-state index contributed by atoms with van der Waals surface area (Å²) in [5, 5.41) is 3.28. The van der Waals surface area contributed by atoms with Crippen LogP contribution < -0.4 is 10.2 Å². The van der Waals surface area contributed by atoms with Crippen molar-refractivity contribution in [1.82, 2.24) is 24.8 Å². The predicted molar refractivity (Wildman–Crippen MR) is 81.2 cm³/mol. The number of nitrogens with one attached hydrogen (secondary N) is 1. The highest BCUT2D eigenvalue weighted by molar-refractivity contribution is 5.91. The third kappa shape index (κ3) is 2.33. The van der Waals surface area contributed by atoms with E-state index < -0.39 is 0 Å². The van der Waals surface area contributed by atoms with Crippen molar-refractivity contribution in [3.05, 3.63) is 18.6 Å². The zero-order valence-corrected chi connectivity index (χ0v) is 12.6. The van der Waals surface area contributed by atoms with E-state index in [9.17, 15) is 4.79 Å². The van der Waals surface area contributed by atoms with E-state index in [-0.39, 0.29) is 11.9 Å². The van der Waals surface area contributed by atoms with Gasteiger partial charge in [0.15, 0.2) is 5.82 Å². The minimum Gasteiger partial charge on any atom is -0.347 e. The van der Waals surface area contributed by atoms with E-state index >= 15 is 0 Å². The fraction of sp³-hybridized carbons (Fsp3) is 0.500. The van der Waals surface area contributed by atoms with E-state index in [0.717, 1.165) is 29.9 Å². The molecule has 0 aromatic carbocycles. The molecule has 1 aliphatic heterocycles. The number of anilines is 1. The second kappa shape index (κ2) is 5.33. The predicted octanol–water partition coefficient (Wildman–Crippen LogP) is -0.165. The maximum absolute atomic E-state index is 12.4. The fourth-order valence-electron chi connectivity index (χ4n) is 2.73. The summed E-state index contributed by atoms with van der Waals surface area (Å²) in [4.78, 5) is 25.0. The molecule has 0 aliphatic carbocycles. The van der Waals surface area contributed by atoms with Gasteiger partial charge in [0, 0.05) is 47.0 Å². The van der Waals surface area contributed by atoms with Gasteiger partial charge in [-0.3, -0.25) is 4.79 Å². The summed E-state index contributed by atoms with van der Waals surface area (Å²) in [6, 6.07) is 1.70. The molecule has 7 nitrogen and oxygen atoms in total. The van der Waals surface area contributed by atoms with Gasteiger partial charge in [-0.1, -0.05) is 0 Å². The first-order valence-corrected chi connectivity index (χ1v) is 7.04. The van der Waals surface area contributed by atoms with E-state index in [2.05, 4.69) is 20.2 Å². The van der Waals surface area contributed by atoms with Gasteiger partial charge in [0.05, 0.1) is 11.8 Å². The average molecular weight is 288 g/mol. The molecule has 21 heavy (non-hydrogen) atoms. The number of rotatable bonds is 2. The van der Waals surface area contributed by atoms with Gasteiger partial charge in [-0.25, -0.2) is 9.97 Å². The summed E-state index contributed by atoms with van der Waals surface area (Å²) in [6.07, 6.45) is 3.55. The molecule has 1 amide bonds. The summed E-state index contributed by atoms with van der Waals surface area (Å²) in [6.45, 7) is 2.21. The number of hydrogen-bond acceptors (Lipinski definition) is 5. The summed E-state index contributed by atoms with van der Waals surface area (Å²) in [5.74, 6) is 0.867. The largest absolute Gasteiger partial charge is 0.347 e. The van der Waals surface area contributed by atoms with Crippen LogP contribution in [0.2, 0.25) is 0 Å². The molecule has 3 heterocycles. The Kier molecular flexibility index (Phi) is 3.50. The maximum atomic E-state index is 12.4. The molecule has 0 radical (unpaired) electrons. The molecule has 1 unspecified atom stereocenters. The number of nitrogens with zero attached hydrogens (tertiary/aromatic N) is 5. The lowest BCUT2D eigenvalue weighted by atomic mass is 10.1. The quantitative estimate of drug-likeness (QED) is 0.831. The van der Waals surface area contributed by atoms with Crippen LogP contribution in [-0.2, 0) is 11.8 Å². The Labute approximate surface area is 123 Å². The van der Waals surface area contributed by atoms with Crippen LogP contribution in [0.4, 0.5) is 5.82 Å². The second-order valence-corrected chi connectivity index (χ2v) is 5.50. The van der Waals surface area contributed by atoms with Gasteiger partial charge in [-0.15, -0.1) is 0 Å². The third-order valence-corrected chi connectivity index (χ3v) is 3.86. The van der Waals surface area contributed by atoms with Gasteiger partial charge in [0.25, 0.3) is 0 Å². The van der Waals surface area contributed by atoms with Crippen molar-refractivity contribution in [3.8, 4) is 0 Å². The van der Waals surface area contributed by atoms with E-state index in [1.807, 2.05) is 17.7 Å².